The summed E-state index contributed by atoms with van der Waals surface area (Å²) in [6, 6.07) is 9.50. The van der Waals surface area contributed by atoms with Crippen LogP contribution in [0.1, 0.15) is 6.42 Å². The highest BCUT2D eigenvalue weighted by Gasteiger charge is 2.33. The Morgan fingerprint density at radius 1 is 0.808 bits per heavy atom. The summed E-state index contributed by atoms with van der Waals surface area (Å²) in [6.07, 6.45) is 1.63. The van der Waals surface area contributed by atoms with Gasteiger partial charge in [0.1, 0.15) is 0 Å². The van der Waals surface area contributed by atoms with Crippen LogP contribution in [0.2, 0.25) is 20.1 Å². The number of carbonyl (C=O) groups excluding carboxylic acids is 2. The minimum Gasteiger partial charge on any atom is -0.423 e. The molecule has 0 saturated heterocycles. The molecule has 2 aromatic carbocycles. The molecule has 4 nitrogen and oxygen atoms in total. The molecule has 3 rings (SSSR count). The van der Waals surface area contributed by atoms with Gasteiger partial charge in [-0.15, -0.1) is 0 Å². The van der Waals surface area contributed by atoms with Gasteiger partial charge in [-0.2, -0.15) is 0 Å². The van der Waals surface area contributed by atoms with Crippen molar-refractivity contribution >= 4 is 58.3 Å². The summed E-state index contributed by atoms with van der Waals surface area (Å²) < 4.78 is 10.4. The second-order valence-corrected chi connectivity index (χ2v) is 7.04. The number of halogens is 4. The number of hydrogen-bond acceptors (Lipinski definition) is 4. The first-order valence-electron chi connectivity index (χ1n) is 7.39. The van der Waals surface area contributed by atoms with Crippen LogP contribution in [0.25, 0.3) is 0 Å². The van der Waals surface area contributed by atoms with Crippen molar-refractivity contribution in [2.24, 2.45) is 5.92 Å². The molecule has 1 aliphatic carbocycles. The smallest absolute Gasteiger partial charge is 0.339 e. The average molecular weight is 432 g/mol. The van der Waals surface area contributed by atoms with E-state index in [2.05, 4.69) is 0 Å². The molecule has 0 saturated carbocycles. The molecule has 0 heterocycles. The van der Waals surface area contributed by atoms with E-state index in [1.54, 1.807) is 36.4 Å². The monoisotopic (exact) mass is 430 g/mol. The normalized spacial score (nSPS) is 15.7. The molecule has 0 bridgehead atoms. The van der Waals surface area contributed by atoms with Crippen molar-refractivity contribution in [2.45, 2.75) is 6.42 Å². The molecular formula is C18H10Cl4O4. The predicted molar refractivity (Wildman–Crippen MR) is 100 cm³/mol. The van der Waals surface area contributed by atoms with Gasteiger partial charge < -0.3 is 9.47 Å². The van der Waals surface area contributed by atoms with Gasteiger partial charge in [0, 0.05) is 5.57 Å². The fourth-order valence-corrected chi connectivity index (χ4v) is 3.19. The molecule has 8 heteroatoms. The minimum atomic E-state index is -0.625. The maximum atomic E-state index is 12.2. The second-order valence-electron chi connectivity index (χ2n) is 5.41. The Hall–Kier alpha value is -1.72. The SMILES string of the molecule is O=C(Oc1c(Cl)cccc1Cl)C1=CC(C(=O)Oc2c(Cl)cccc2Cl)C1. The molecule has 26 heavy (non-hydrogen) atoms. The highest BCUT2D eigenvalue weighted by atomic mass is 35.5. The van der Waals surface area contributed by atoms with Crippen molar-refractivity contribution in [1.29, 1.82) is 0 Å². The van der Waals surface area contributed by atoms with Crippen LogP contribution in [-0.4, -0.2) is 11.9 Å². The van der Waals surface area contributed by atoms with Crippen molar-refractivity contribution in [2.75, 3.05) is 0 Å². The van der Waals surface area contributed by atoms with Gasteiger partial charge in [0.05, 0.1) is 26.0 Å². The first-order chi connectivity index (χ1) is 12.4. The number of ether oxygens (including phenoxy) is 2. The summed E-state index contributed by atoms with van der Waals surface area (Å²) in [4.78, 5) is 24.3. The highest BCUT2D eigenvalue weighted by molar-refractivity contribution is 6.38. The number of carbonyl (C=O) groups is 2. The maximum Gasteiger partial charge on any atom is 0.339 e. The van der Waals surface area contributed by atoms with Crippen LogP contribution in [-0.2, 0) is 9.59 Å². The molecule has 0 amide bonds. The number of esters is 2. The number of rotatable bonds is 4. The summed E-state index contributed by atoms with van der Waals surface area (Å²) >= 11 is 23.8. The van der Waals surface area contributed by atoms with E-state index >= 15 is 0 Å². The van der Waals surface area contributed by atoms with Crippen LogP contribution in [0.5, 0.6) is 11.5 Å². The third-order valence-corrected chi connectivity index (χ3v) is 4.83. The zero-order chi connectivity index (χ0) is 18.8. The summed E-state index contributed by atoms with van der Waals surface area (Å²) in [5, 5.41) is 0.884. The van der Waals surface area contributed by atoms with E-state index in [1.165, 1.54) is 6.08 Å². The maximum absolute atomic E-state index is 12.2. The molecule has 1 atom stereocenters. The lowest BCUT2D eigenvalue weighted by Gasteiger charge is -2.23. The Kier molecular flexibility index (Phi) is 5.78. The van der Waals surface area contributed by atoms with E-state index in [1.807, 2.05) is 0 Å². The summed E-state index contributed by atoms with van der Waals surface area (Å²) in [5.41, 5.74) is 0.327. The number of benzene rings is 2. The Bertz CT molecular complexity index is 883. The van der Waals surface area contributed by atoms with Gasteiger partial charge in [-0.05, 0) is 30.7 Å². The van der Waals surface area contributed by atoms with Crippen LogP contribution >= 0.6 is 46.4 Å². The van der Waals surface area contributed by atoms with E-state index in [9.17, 15) is 9.59 Å². The highest BCUT2D eigenvalue weighted by Crippen LogP contribution is 2.37. The molecular weight excluding hydrogens is 422 g/mol. The molecule has 2 aromatic rings. The Morgan fingerprint density at radius 3 is 1.69 bits per heavy atom. The Balaban J connectivity index is 1.65. The fourth-order valence-electron chi connectivity index (χ4n) is 2.24. The van der Waals surface area contributed by atoms with E-state index < -0.39 is 17.9 Å². The van der Waals surface area contributed by atoms with E-state index in [0.29, 0.717) is 5.57 Å². The van der Waals surface area contributed by atoms with Crippen LogP contribution in [0.3, 0.4) is 0 Å². The van der Waals surface area contributed by atoms with Crippen molar-refractivity contribution in [3.8, 4) is 11.5 Å². The molecule has 1 unspecified atom stereocenters. The second kappa shape index (κ2) is 7.89. The first kappa shape index (κ1) is 19.1. The first-order valence-corrected chi connectivity index (χ1v) is 8.90. The molecule has 0 N–H and O–H groups in total. The standard InChI is InChI=1S/C18H10Cl4O4/c19-11-3-1-4-12(20)15(11)25-17(23)9-7-10(8-9)18(24)26-16-13(21)5-2-6-14(16)22/h1-7,9H,8H2. The minimum absolute atomic E-state index is 0.0793. The fraction of sp³-hybridized carbons (Fsp3) is 0.111. The van der Waals surface area contributed by atoms with Gasteiger partial charge in [-0.25, -0.2) is 4.79 Å². The predicted octanol–water partition coefficient (Wildman–Crippen LogP) is 5.76. The summed E-state index contributed by atoms with van der Waals surface area (Å²) in [5.74, 6) is -1.61. The van der Waals surface area contributed by atoms with E-state index in [4.69, 9.17) is 55.9 Å². The third kappa shape index (κ3) is 3.99. The van der Waals surface area contributed by atoms with Crippen molar-refractivity contribution in [3.05, 3.63) is 68.1 Å². The van der Waals surface area contributed by atoms with Gasteiger partial charge >= 0.3 is 11.9 Å². The van der Waals surface area contributed by atoms with Crippen molar-refractivity contribution in [1.82, 2.24) is 0 Å². The van der Waals surface area contributed by atoms with Crippen LogP contribution < -0.4 is 9.47 Å². The van der Waals surface area contributed by atoms with Crippen LogP contribution in [0.15, 0.2) is 48.0 Å². The van der Waals surface area contributed by atoms with Gasteiger partial charge in [-0.1, -0.05) is 64.6 Å². The number of para-hydroxylation sites is 2. The van der Waals surface area contributed by atoms with Crippen molar-refractivity contribution < 1.29 is 19.1 Å². The Labute approximate surface area is 169 Å². The summed E-state index contributed by atoms with van der Waals surface area (Å²) in [6.45, 7) is 0. The topological polar surface area (TPSA) is 52.6 Å². The third-order valence-electron chi connectivity index (χ3n) is 3.64. The Morgan fingerprint density at radius 2 is 1.23 bits per heavy atom. The van der Waals surface area contributed by atoms with Gasteiger partial charge in [0.2, 0.25) is 0 Å². The molecule has 0 fully saturated rings. The quantitative estimate of drug-likeness (QED) is 0.456. The van der Waals surface area contributed by atoms with Crippen LogP contribution in [0, 0.1) is 5.92 Å². The average Bonchev–Trinajstić information content (AvgIpc) is 2.53. The summed E-state index contributed by atoms with van der Waals surface area (Å²) in [7, 11) is 0. The lowest BCUT2D eigenvalue weighted by molar-refractivity contribution is -0.138. The lowest BCUT2D eigenvalue weighted by Crippen LogP contribution is -2.29. The van der Waals surface area contributed by atoms with Gasteiger partial charge in [0.15, 0.2) is 11.5 Å². The molecule has 0 aromatic heterocycles. The van der Waals surface area contributed by atoms with Crippen molar-refractivity contribution in [3.63, 3.8) is 0 Å². The molecule has 0 spiro atoms. The molecule has 0 radical (unpaired) electrons. The number of hydrogen-bond donors (Lipinski definition) is 0. The lowest BCUT2D eigenvalue weighted by atomic mass is 9.86. The van der Waals surface area contributed by atoms with E-state index in [-0.39, 0.29) is 38.0 Å². The van der Waals surface area contributed by atoms with Gasteiger partial charge in [0.25, 0.3) is 0 Å². The largest absolute Gasteiger partial charge is 0.423 e. The molecule has 0 aliphatic heterocycles. The zero-order valence-electron chi connectivity index (χ0n) is 13.0. The zero-order valence-corrected chi connectivity index (χ0v) is 16.0. The molecule has 134 valence electrons. The van der Waals surface area contributed by atoms with Gasteiger partial charge in [-0.3, -0.25) is 4.79 Å². The van der Waals surface area contributed by atoms with E-state index in [0.717, 1.165) is 0 Å². The van der Waals surface area contributed by atoms with Crippen LogP contribution in [0.4, 0.5) is 0 Å². The molecule has 1 aliphatic rings.